The Bertz CT molecular complexity index is 870. The van der Waals surface area contributed by atoms with Crippen LogP contribution in [0.25, 0.3) is 10.9 Å². The average Bonchev–Trinajstić information content (AvgIpc) is 3.13. The lowest BCUT2D eigenvalue weighted by molar-refractivity contribution is 0.00277. The first-order chi connectivity index (χ1) is 13.6. The number of likely N-dealkylation sites (N-methyl/N-ethyl adjacent to an activating group) is 1. The number of nitrogens with zero attached hydrogens (tertiary/aromatic N) is 2. The maximum atomic E-state index is 12.6. The molecular formula is C23H31N3O2. The van der Waals surface area contributed by atoms with E-state index in [-0.39, 0.29) is 12.2 Å². The van der Waals surface area contributed by atoms with Crippen molar-refractivity contribution < 1.29 is 9.53 Å². The summed E-state index contributed by atoms with van der Waals surface area (Å²) in [5, 5.41) is 1.43. The first kappa shape index (κ1) is 18.0. The van der Waals surface area contributed by atoms with E-state index in [4.69, 9.17) is 4.74 Å². The van der Waals surface area contributed by atoms with Crippen molar-refractivity contribution in [1.29, 1.82) is 0 Å². The van der Waals surface area contributed by atoms with Crippen molar-refractivity contribution in [3.8, 4) is 0 Å². The smallest absolute Gasteiger partial charge is 0.410 e. The molecule has 2 saturated heterocycles. The van der Waals surface area contributed by atoms with Gasteiger partial charge in [-0.2, -0.15) is 0 Å². The van der Waals surface area contributed by atoms with Gasteiger partial charge in [-0.15, -0.1) is 0 Å². The molecule has 1 N–H and O–H groups in total. The lowest BCUT2D eigenvalue weighted by Gasteiger charge is -2.46. The van der Waals surface area contributed by atoms with Crippen molar-refractivity contribution in [2.24, 2.45) is 5.92 Å². The van der Waals surface area contributed by atoms with E-state index < -0.39 is 0 Å². The van der Waals surface area contributed by atoms with Crippen LogP contribution in [0.4, 0.5) is 4.79 Å². The highest BCUT2D eigenvalue weighted by Gasteiger charge is 2.41. The van der Waals surface area contributed by atoms with Gasteiger partial charge < -0.3 is 19.5 Å². The predicted octanol–water partition coefficient (Wildman–Crippen LogP) is 4.14. The van der Waals surface area contributed by atoms with Crippen LogP contribution in [0.5, 0.6) is 0 Å². The Morgan fingerprint density at radius 3 is 2.89 bits per heavy atom. The summed E-state index contributed by atoms with van der Waals surface area (Å²) in [5.74, 6) is 0.877. The summed E-state index contributed by atoms with van der Waals surface area (Å²) in [6.45, 7) is 4.77. The van der Waals surface area contributed by atoms with Gasteiger partial charge >= 0.3 is 6.09 Å². The summed E-state index contributed by atoms with van der Waals surface area (Å²) in [4.78, 5) is 20.4. The van der Waals surface area contributed by atoms with E-state index >= 15 is 0 Å². The number of carbonyl (C=O) groups excluding carboxylic acids is 1. The van der Waals surface area contributed by atoms with Crippen molar-refractivity contribution in [3.63, 3.8) is 0 Å². The second-order valence-electron chi connectivity index (χ2n) is 9.03. The summed E-state index contributed by atoms with van der Waals surface area (Å²) >= 11 is 0. The van der Waals surface area contributed by atoms with Gasteiger partial charge in [-0.05, 0) is 63.3 Å². The van der Waals surface area contributed by atoms with E-state index in [1.165, 1.54) is 28.5 Å². The van der Waals surface area contributed by atoms with Crippen LogP contribution in [0.2, 0.25) is 0 Å². The van der Waals surface area contributed by atoms with Crippen LogP contribution < -0.4 is 0 Å². The molecule has 28 heavy (non-hydrogen) atoms. The number of piperidine rings is 2. The molecule has 2 fully saturated rings. The molecule has 0 spiro atoms. The van der Waals surface area contributed by atoms with Crippen LogP contribution in [0.1, 0.15) is 49.7 Å². The fraction of sp³-hybridized carbons (Fsp3) is 0.609. The van der Waals surface area contributed by atoms with E-state index in [0.29, 0.717) is 17.9 Å². The first-order valence-electron chi connectivity index (χ1n) is 10.9. The Labute approximate surface area is 167 Å². The Morgan fingerprint density at radius 2 is 2.07 bits per heavy atom. The number of H-pyrrole nitrogens is 1. The number of ether oxygens (including phenoxy) is 1. The molecule has 2 aliphatic heterocycles. The predicted molar refractivity (Wildman–Crippen MR) is 111 cm³/mol. The molecule has 0 radical (unpaired) electrons. The molecule has 0 bridgehead atoms. The second kappa shape index (κ2) is 7.11. The average molecular weight is 382 g/mol. The minimum absolute atomic E-state index is 0.0512. The number of carbonyl (C=O) groups is 1. The number of benzene rings is 1. The summed E-state index contributed by atoms with van der Waals surface area (Å²) in [5.41, 5.74) is 4.16. The van der Waals surface area contributed by atoms with E-state index in [0.717, 1.165) is 45.3 Å². The molecule has 0 saturated carbocycles. The van der Waals surface area contributed by atoms with Crippen molar-refractivity contribution in [1.82, 2.24) is 14.8 Å². The summed E-state index contributed by atoms with van der Waals surface area (Å²) < 4.78 is 5.94. The number of rotatable bonds is 2. The number of amides is 1. The Balaban J connectivity index is 1.34. The van der Waals surface area contributed by atoms with Crippen molar-refractivity contribution in [2.75, 3.05) is 26.7 Å². The zero-order valence-corrected chi connectivity index (χ0v) is 17.0. The van der Waals surface area contributed by atoms with Crippen LogP contribution in [0.3, 0.4) is 0 Å². The topological polar surface area (TPSA) is 48.6 Å². The normalized spacial score (nSPS) is 28.8. The number of fused-ring (bicyclic) bond motifs is 2. The fourth-order valence-electron chi connectivity index (χ4n) is 5.73. The van der Waals surface area contributed by atoms with Crippen LogP contribution in [-0.2, 0) is 11.2 Å². The third-order valence-corrected chi connectivity index (χ3v) is 7.32. The second-order valence-corrected chi connectivity index (χ2v) is 9.03. The van der Waals surface area contributed by atoms with Crippen LogP contribution in [0, 0.1) is 5.92 Å². The number of hydrogen-bond donors (Lipinski definition) is 1. The molecule has 5 heteroatoms. The van der Waals surface area contributed by atoms with Gasteiger partial charge in [-0.25, -0.2) is 4.79 Å². The number of hydrogen-bond acceptors (Lipinski definition) is 3. The van der Waals surface area contributed by atoms with Crippen LogP contribution >= 0.6 is 0 Å². The maximum absolute atomic E-state index is 12.6. The van der Waals surface area contributed by atoms with Gasteiger partial charge in [0.15, 0.2) is 0 Å². The van der Waals surface area contributed by atoms with Gasteiger partial charge in [-0.3, -0.25) is 0 Å². The largest absolute Gasteiger partial charge is 0.446 e. The Kier molecular flexibility index (Phi) is 4.58. The lowest BCUT2D eigenvalue weighted by atomic mass is 9.71. The molecule has 1 aromatic heterocycles. The molecule has 1 unspecified atom stereocenters. The zero-order chi connectivity index (χ0) is 19.3. The molecule has 5 rings (SSSR count). The fourth-order valence-corrected chi connectivity index (χ4v) is 5.73. The summed E-state index contributed by atoms with van der Waals surface area (Å²) in [7, 11) is 2.24. The number of nitrogens with one attached hydrogen (secondary N) is 1. The monoisotopic (exact) mass is 381 g/mol. The highest BCUT2D eigenvalue weighted by atomic mass is 16.6. The van der Waals surface area contributed by atoms with Gasteiger partial charge in [0.2, 0.25) is 0 Å². The Hall–Kier alpha value is -2.01. The van der Waals surface area contributed by atoms with Crippen LogP contribution in [0.15, 0.2) is 24.4 Å². The Morgan fingerprint density at radius 1 is 1.25 bits per heavy atom. The maximum Gasteiger partial charge on any atom is 0.410 e. The molecule has 5 nitrogen and oxygen atoms in total. The number of aromatic nitrogens is 1. The summed E-state index contributed by atoms with van der Waals surface area (Å²) in [6.07, 6.45) is 7.64. The van der Waals surface area contributed by atoms with E-state index in [2.05, 4.69) is 48.3 Å². The van der Waals surface area contributed by atoms with Gasteiger partial charge in [-0.1, -0.05) is 12.1 Å². The third-order valence-electron chi connectivity index (χ3n) is 7.32. The SMILES string of the molecule is CC(OC(=O)N1CCCCC1)[C@@H]1C[C@@H]2c3cccc4[nH]cc(c34)C[C@H]2N(C)C1. The number of aromatic amines is 1. The molecular weight excluding hydrogens is 350 g/mol. The highest BCUT2D eigenvalue weighted by molar-refractivity contribution is 5.88. The molecule has 3 heterocycles. The molecule has 2 aromatic rings. The van der Waals surface area contributed by atoms with Gasteiger partial charge in [0.25, 0.3) is 0 Å². The molecule has 4 atom stereocenters. The minimum Gasteiger partial charge on any atom is -0.446 e. The van der Waals surface area contributed by atoms with Gasteiger partial charge in [0.05, 0.1) is 0 Å². The number of likely N-dealkylation sites (tertiary alicyclic amines) is 2. The van der Waals surface area contributed by atoms with Crippen molar-refractivity contribution in [3.05, 3.63) is 35.5 Å². The lowest BCUT2D eigenvalue weighted by Crippen LogP contribution is -2.51. The molecule has 1 aliphatic carbocycles. The van der Waals surface area contributed by atoms with Crippen molar-refractivity contribution >= 4 is 17.0 Å². The van der Waals surface area contributed by atoms with Gasteiger partial charge in [0.1, 0.15) is 6.10 Å². The first-order valence-corrected chi connectivity index (χ1v) is 10.9. The quantitative estimate of drug-likeness (QED) is 0.851. The third kappa shape index (κ3) is 3.00. The van der Waals surface area contributed by atoms with Gasteiger partial charge in [0, 0.05) is 54.6 Å². The zero-order valence-electron chi connectivity index (χ0n) is 17.0. The van der Waals surface area contributed by atoms with E-state index in [9.17, 15) is 4.79 Å². The van der Waals surface area contributed by atoms with Crippen molar-refractivity contribution in [2.45, 2.75) is 57.1 Å². The highest BCUT2D eigenvalue weighted by Crippen LogP contribution is 2.45. The van der Waals surface area contributed by atoms with E-state index in [1.54, 1.807) is 0 Å². The molecule has 1 amide bonds. The molecule has 1 aromatic carbocycles. The minimum atomic E-state index is -0.115. The van der Waals surface area contributed by atoms with Crippen LogP contribution in [-0.4, -0.2) is 59.7 Å². The molecule has 150 valence electrons. The molecule has 3 aliphatic rings. The summed E-state index contributed by atoms with van der Waals surface area (Å²) in [6, 6.07) is 7.19. The standard InChI is InChI=1S/C23H31N3O2/c1-15(28-23(27)26-9-4-3-5-10-26)17-11-19-18-7-6-8-20-22(18)16(13-24-20)12-21(19)25(2)14-17/h6-8,13,15,17,19,21,24H,3-5,9-12,14H2,1-2H3/t15?,17-,19-,21-/m1/s1. The van der Waals surface area contributed by atoms with E-state index in [1.807, 2.05) is 4.90 Å².